The van der Waals surface area contributed by atoms with Crippen LogP contribution in [-0.2, 0) is 24.3 Å². The summed E-state index contributed by atoms with van der Waals surface area (Å²) in [6.07, 6.45) is 1.42. The number of aromatic amines is 1. The summed E-state index contributed by atoms with van der Waals surface area (Å²) < 4.78 is 0. The Labute approximate surface area is 88.6 Å². The summed E-state index contributed by atoms with van der Waals surface area (Å²) >= 11 is 0. The van der Waals surface area contributed by atoms with Crippen LogP contribution in [-0.4, -0.2) is 27.5 Å². The number of nitrogens with two attached hydrogens (primary N) is 1. The lowest BCUT2D eigenvalue weighted by atomic mass is 10.1. The Morgan fingerprint density at radius 2 is 2.47 bits per heavy atom. The van der Waals surface area contributed by atoms with Gasteiger partial charge in [0.05, 0.1) is 5.69 Å². The lowest BCUT2D eigenvalue weighted by Gasteiger charge is -2.26. The van der Waals surface area contributed by atoms with Gasteiger partial charge in [0.25, 0.3) is 0 Å². The highest BCUT2D eigenvalue weighted by atomic mass is 16.2. The molecule has 1 amide bonds. The van der Waals surface area contributed by atoms with Gasteiger partial charge in [0.1, 0.15) is 0 Å². The van der Waals surface area contributed by atoms with E-state index in [4.69, 9.17) is 5.73 Å². The third-order valence-electron chi connectivity index (χ3n) is 2.87. The zero-order valence-electron chi connectivity index (χ0n) is 8.92. The first-order chi connectivity index (χ1) is 7.26. The fourth-order valence-electron chi connectivity index (χ4n) is 1.96. The fraction of sp³-hybridized carbons (Fsp3) is 0.600. The first-order valence-electron chi connectivity index (χ1n) is 5.29. The van der Waals surface area contributed by atoms with Crippen LogP contribution >= 0.6 is 0 Å². The van der Waals surface area contributed by atoms with Gasteiger partial charge in [-0.3, -0.25) is 9.89 Å². The second-order valence-corrected chi connectivity index (χ2v) is 3.75. The zero-order valence-corrected chi connectivity index (χ0v) is 8.92. The topological polar surface area (TPSA) is 75.0 Å². The number of nitrogens with zero attached hydrogens (tertiary/aromatic N) is 2. The molecule has 0 spiro atoms. The van der Waals surface area contributed by atoms with Crippen LogP contribution in [0.15, 0.2) is 0 Å². The van der Waals surface area contributed by atoms with Crippen LogP contribution in [0.2, 0.25) is 0 Å². The molecule has 5 heteroatoms. The van der Waals surface area contributed by atoms with E-state index >= 15 is 0 Å². The lowest BCUT2D eigenvalue weighted by molar-refractivity contribution is -0.131. The van der Waals surface area contributed by atoms with Crippen molar-refractivity contribution < 1.29 is 4.79 Å². The standard InChI is InChI=1S/C10H16N4O/c1-2-10(15)14-4-3-8-7(6-14)9(5-11)13-12-8/h2-6,11H2,1H3,(H,12,13). The van der Waals surface area contributed by atoms with Crippen LogP contribution in [0.4, 0.5) is 0 Å². The number of hydrogen-bond donors (Lipinski definition) is 2. The Morgan fingerprint density at radius 1 is 1.67 bits per heavy atom. The van der Waals surface area contributed by atoms with Gasteiger partial charge < -0.3 is 10.6 Å². The smallest absolute Gasteiger partial charge is 0.222 e. The molecule has 0 fully saturated rings. The van der Waals surface area contributed by atoms with E-state index in [0.717, 1.165) is 29.9 Å². The van der Waals surface area contributed by atoms with E-state index in [-0.39, 0.29) is 5.91 Å². The largest absolute Gasteiger partial charge is 0.338 e. The van der Waals surface area contributed by atoms with Crippen molar-refractivity contribution in [3.63, 3.8) is 0 Å². The van der Waals surface area contributed by atoms with Crippen LogP contribution in [0.25, 0.3) is 0 Å². The highest BCUT2D eigenvalue weighted by Crippen LogP contribution is 2.20. The molecule has 3 N–H and O–H groups in total. The molecule has 15 heavy (non-hydrogen) atoms. The average Bonchev–Trinajstić information content (AvgIpc) is 2.69. The number of carbonyl (C=O) groups is 1. The number of rotatable bonds is 2. The molecule has 0 radical (unpaired) electrons. The van der Waals surface area contributed by atoms with Crippen molar-refractivity contribution in [1.29, 1.82) is 0 Å². The lowest BCUT2D eigenvalue weighted by Crippen LogP contribution is -2.35. The predicted molar refractivity (Wildman–Crippen MR) is 55.9 cm³/mol. The molecule has 2 heterocycles. The van der Waals surface area contributed by atoms with Crippen molar-refractivity contribution in [3.8, 4) is 0 Å². The van der Waals surface area contributed by atoms with Gasteiger partial charge in [-0.05, 0) is 0 Å². The van der Waals surface area contributed by atoms with Gasteiger partial charge >= 0.3 is 0 Å². The molecule has 1 aliphatic rings. The molecule has 1 aromatic heterocycles. The van der Waals surface area contributed by atoms with E-state index in [1.165, 1.54) is 0 Å². The van der Waals surface area contributed by atoms with E-state index in [2.05, 4.69) is 10.2 Å². The van der Waals surface area contributed by atoms with Gasteiger partial charge in [0, 0.05) is 43.7 Å². The Morgan fingerprint density at radius 3 is 3.13 bits per heavy atom. The summed E-state index contributed by atoms with van der Waals surface area (Å²) in [7, 11) is 0. The Hall–Kier alpha value is -1.36. The molecule has 5 nitrogen and oxygen atoms in total. The van der Waals surface area contributed by atoms with Gasteiger partial charge in [-0.15, -0.1) is 0 Å². The second-order valence-electron chi connectivity index (χ2n) is 3.75. The second kappa shape index (κ2) is 4.02. The monoisotopic (exact) mass is 208 g/mol. The Kier molecular flexibility index (Phi) is 2.73. The van der Waals surface area contributed by atoms with E-state index < -0.39 is 0 Å². The summed E-state index contributed by atoms with van der Waals surface area (Å²) in [5.41, 5.74) is 8.73. The maximum absolute atomic E-state index is 11.6. The molecule has 0 saturated heterocycles. The van der Waals surface area contributed by atoms with Crippen LogP contribution < -0.4 is 5.73 Å². The number of aromatic nitrogens is 2. The summed E-state index contributed by atoms with van der Waals surface area (Å²) in [5.74, 6) is 0.199. The number of H-pyrrole nitrogens is 1. The number of nitrogens with one attached hydrogen (secondary N) is 1. The Balaban J connectivity index is 2.20. The SMILES string of the molecule is CCC(=O)N1CCc2[nH]nc(CN)c2C1. The number of carbonyl (C=O) groups excluding carboxylic acids is 1. The normalized spacial score (nSPS) is 15.2. The predicted octanol–water partition coefficient (Wildman–Crippen LogP) is 0.163. The van der Waals surface area contributed by atoms with Crippen LogP contribution in [0, 0.1) is 0 Å². The van der Waals surface area contributed by atoms with Gasteiger partial charge in [-0.2, -0.15) is 5.10 Å². The Bertz CT molecular complexity index is 358. The van der Waals surface area contributed by atoms with Crippen molar-refractivity contribution in [2.24, 2.45) is 5.73 Å². The summed E-state index contributed by atoms with van der Waals surface area (Å²) in [4.78, 5) is 13.4. The summed E-state index contributed by atoms with van der Waals surface area (Å²) in [6.45, 7) is 3.76. The number of hydrogen-bond acceptors (Lipinski definition) is 3. The van der Waals surface area contributed by atoms with Crippen molar-refractivity contribution >= 4 is 5.91 Å². The van der Waals surface area contributed by atoms with E-state index in [0.29, 0.717) is 19.5 Å². The molecule has 1 aromatic rings. The van der Waals surface area contributed by atoms with Crippen LogP contribution in [0.1, 0.15) is 30.3 Å². The highest BCUT2D eigenvalue weighted by molar-refractivity contribution is 5.76. The summed E-state index contributed by atoms with van der Waals surface area (Å²) in [6, 6.07) is 0. The van der Waals surface area contributed by atoms with Crippen molar-refractivity contribution in [3.05, 3.63) is 17.0 Å². The van der Waals surface area contributed by atoms with E-state index in [9.17, 15) is 4.79 Å². The number of fused-ring (bicyclic) bond motifs is 1. The molecule has 1 aliphatic heterocycles. The van der Waals surface area contributed by atoms with Gasteiger partial charge in [0.15, 0.2) is 0 Å². The fourth-order valence-corrected chi connectivity index (χ4v) is 1.96. The van der Waals surface area contributed by atoms with Crippen LogP contribution in [0.3, 0.4) is 0 Å². The minimum atomic E-state index is 0.199. The summed E-state index contributed by atoms with van der Waals surface area (Å²) in [5, 5.41) is 7.13. The van der Waals surface area contributed by atoms with Crippen molar-refractivity contribution in [2.45, 2.75) is 32.9 Å². The van der Waals surface area contributed by atoms with Crippen molar-refractivity contribution in [2.75, 3.05) is 6.54 Å². The third kappa shape index (κ3) is 1.74. The molecule has 0 saturated carbocycles. The van der Waals surface area contributed by atoms with Gasteiger partial charge in [0.2, 0.25) is 5.91 Å². The maximum Gasteiger partial charge on any atom is 0.222 e. The first-order valence-corrected chi connectivity index (χ1v) is 5.29. The quantitative estimate of drug-likeness (QED) is 0.727. The molecule has 0 bridgehead atoms. The molecule has 0 unspecified atom stereocenters. The molecular weight excluding hydrogens is 192 g/mol. The average molecular weight is 208 g/mol. The molecule has 0 aliphatic carbocycles. The van der Waals surface area contributed by atoms with Crippen LogP contribution in [0.5, 0.6) is 0 Å². The first kappa shape index (κ1) is 10.2. The molecular formula is C10H16N4O. The highest BCUT2D eigenvalue weighted by Gasteiger charge is 2.23. The maximum atomic E-state index is 11.6. The molecule has 0 atom stereocenters. The molecule has 0 aromatic carbocycles. The van der Waals surface area contributed by atoms with Crippen molar-refractivity contribution in [1.82, 2.24) is 15.1 Å². The molecule has 82 valence electrons. The van der Waals surface area contributed by atoms with Gasteiger partial charge in [-0.25, -0.2) is 0 Å². The zero-order chi connectivity index (χ0) is 10.8. The van der Waals surface area contributed by atoms with E-state index in [1.807, 2.05) is 11.8 Å². The molecule has 2 rings (SSSR count). The van der Waals surface area contributed by atoms with E-state index in [1.54, 1.807) is 0 Å². The minimum absolute atomic E-state index is 0.199. The number of amides is 1. The third-order valence-corrected chi connectivity index (χ3v) is 2.87. The van der Waals surface area contributed by atoms with Gasteiger partial charge in [-0.1, -0.05) is 6.92 Å². The minimum Gasteiger partial charge on any atom is -0.338 e.